The van der Waals surface area contributed by atoms with Crippen LogP contribution in [0.15, 0.2) is 91.0 Å². The number of hydrogen-bond donors (Lipinski definition) is 1. The molecule has 1 saturated heterocycles. The summed E-state index contributed by atoms with van der Waals surface area (Å²) in [6.07, 6.45) is -1.79. The molecule has 4 rings (SSSR count). The third-order valence-electron chi connectivity index (χ3n) is 5.96. The molecule has 5 nitrogen and oxygen atoms in total. The van der Waals surface area contributed by atoms with E-state index in [1.165, 1.54) is 0 Å². The molecule has 0 spiro atoms. The SMILES string of the molecule is CCS[C@H]1O[C@H](CO)[C@@H](OCc2ccccc2)[C@H](OCc2ccccc2)[C@@H]1OCc1ccccc1. The summed E-state index contributed by atoms with van der Waals surface area (Å²) in [5, 5.41) is 10.2. The van der Waals surface area contributed by atoms with Crippen molar-refractivity contribution in [2.75, 3.05) is 12.4 Å². The van der Waals surface area contributed by atoms with Gasteiger partial charge in [-0.3, -0.25) is 0 Å². The fourth-order valence-corrected chi connectivity index (χ4v) is 5.16. The normalized spacial score (nSPS) is 24.3. The van der Waals surface area contributed by atoms with Crippen LogP contribution in [0.2, 0.25) is 0 Å². The highest BCUT2D eigenvalue weighted by Gasteiger charge is 2.48. The van der Waals surface area contributed by atoms with Crippen LogP contribution in [0.4, 0.5) is 0 Å². The van der Waals surface area contributed by atoms with E-state index in [9.17, 15) is 5.11 Å². The third kappa shape index (κ3) is 7.40. The van der Waals surface area contributed by atoms with Crippen LogP contribution in [0.25, 0.3) is 0 Å². The highest BCUT2D eigenvalue weighted by molar-refractivity contribution is 7.99. The van der Waals surface area contributed by atoms with Crippen molar-refractivity contribution in [3.05, 3.63) is 108 Å². The van der Waals surface area contributed by atoms with Gasteiger partial charge in [-0.1, -0.05) is 97.9 Å². The zero-order chi connectivity index (χ0) is 24.3. The van der Waals surface area contributed by atoms with Crippen LogP contribution in [0.1, 0.15) is 23.6 Å². The van der Waals surface area contributed by atoms with Crippen LogP contribution in [0, 0.1) is 0 Å². The van der Waals surface area contributed by atoms with Crippen molar-refractivity contribution in [3.63, 3.8) is 0 Å². The van der Waals surface area contributed by atoms with Gasteiger partial charge < -0.3 is 24.1 Å². The first-order valence-electron chi connectivity index (χ1n) is 12.1. The Morgan fingerprint density at radius 2 is 1.09 bits per heavy atom. The average Bonchev–Trinajstić information content (AvgIpc) is 2.92. The molecule has 1 aliphatic heterocycles. The quantitative estimate of drug-likeness (QED) is 0.373. The van der Waals surface area contributed by atoms with Gasteiger partial charge in [-0.25, -0.2) is 0 Å². The lowest BCUT2D eigenvalue weighted by molar-refractivity contribution is -0.251. The summed E-state index contributed by atoms with van der Waals surface area (Å²) >= 11 is 1.66. The molecule has 0 bridgehead atoms. The van der Waals surface area contributed by atoms with E-state index >= 15 is 0 Å². The first kappa shape index (κ1) is 25.9. The molecule has 0 radical (unpaired) electrons. The molecule has 1 aliphatic rings. The maximum absolute atomic E-state index is 10.2. The average molecular weight is 495 g/mol. The number of aliphatic hydroxyl groups excluding tert-OH is 1. The minimum atomic E-state index is -0.514. The van der Waals surface area contributed by atoms with Crippen molar-refractivity contribution in [2.24, 2.45) is 0 Å². The van der Waals surface area contributed by atoms with E-state index in [1.807, 2.05) is 91.0 Å². The molecule has 35 heavy (non-hydrogen) atoms. The van der Waals surface area contributed by atoms with Gasteiger partial charge in [0.05, 0.1) is 26.4 Å². The Hall–Kier alpha value is -2.19. The molecule has 0 aliphatic carbocycles. The maximum Gasteiger partial charge on any atom is 0.132 e. The molecule has 6 heteroatoms. The summed E-state index contributed by atoms with van der Waals surface area (Å²) in [7, 11) is 0. The largest absolute Gasteiger partial charge is 0.394 e. The third-order valence-corrected chi connectivity index (χ3v) is 7.00. The summed E-state index contributed by atoms with van der Waals surface area (Å²) in [6, 6.07) is 30.2. The van der Waals surface area contributed by atoms with Crippen LogP contribution < -0.4 is 0 Å². The highest BCUT2D eigenvalue weighted by atomic mass is 32.2. The zero-order valence-corrected chi connectivity index (χ0v) is 20.9. The number of aliphatic hydroxyl groups is 1. The van der Waals surface area contributed by atoms with Crippen molar-refractivity contribution in [1.82, 2.24) is 0 Å². The molecule has 186 valence electrons. The predicted octanol–water partition coefficient (Wildman–Crippen LogP) is 5.21. The van der Waals surface area contributed by atoms with Gasteiger partial charge in [0.15, 0.2) is 0 Å². The van der Waals surface area contributed by atoms with Crippen molar-refractivity contribution in [2.45, 2.75) is 56.6 Å². The predicted molar refractivity (Wildman–Crippen MR) is 139 cm³/mol. The molecule has 1 N–H and O–H groups in total. The number of thioether (sulfide) groups is 1. The van der Waals surface area contributed by atoms with Crippen LogP contribution in [-0.4, -0.2) is 47.3 Å². The van der Waals surface area contributed by atoms with E-state index in [0.717, 1.165) is 22.4 Å². The van der Waals surface area contributed by atoms with E-state index in [1.54, 1.807) is 11.8 Å². The molecule has 0 aromatic heterocycles. The Kier molecular flexibility index (Phi) is 10.2. The maximum atomic E-state index is 10.2. The molecule has 1 fully saturated rings. The van der Waals surface area contributed by atoms with Crippen LogP contribution >= 0.6 is 11.8 Å². The Bertz CT molecular complexity index is 972. The lowest BCUT2D eigenvalue weighted by Crippen LogP contribution is -2.60. The Labute approximate surface area is 212 Å². The van der Waals surface area contributed by atoms with Gasteiger partial charge in [-0.05, 0) is 22.4 Å². The zero-order valence-electron chi connectivity index (χ0n) is 20.1. The molecule has 0 amide bonds. The summed E-state index contributed by atoms with van der Waals surface area (Å²) in [4.78, 5) is 0. The van der Waals surface area contributed by atoms with Crippen LogP contribution in [-0.2, 0) is 38.8 Å². The molecule has 0 unspecified atom stereocenters. The Balaban J connectivity index is 1.58. The summed E-state index contributed by atoms with van der Waals surface area (Å²) in [6.45, 7) is 3.19. The van der Waals surface area contributed by atoms with Crippen LogP contribution in [0.5, 0.6) is 0 Å². The van der Waals surface area contributed by atoms with Crippen molar-refractivity contribution in [3.8, 4) is 0 Å². The molecule has 3 aromatic rings. The van der Waals surface area contributed by atoms with E-state index < -0.39 is 18.3 Å². The van der Waals surface area contributed by atoms with Crippen molar-refractivity contribution < 1.29 is 24.1 Å². The van der Waals surface area contributed by atoms with E-state index in [0.29, 0.717) is 19.8 Å². The summed E-state index contributed by atoms with van der Waals surface area (Å²) in [5.41, 5.74) is 2.93. The molecule has 1 heterocycles. The molecule has 3 aromatic carbocycles. The summed E-state index contributed by atoms with van der Waals surface area (Å²) < 4.78 is 25.7. The molecular formula is C29H34O5S. The fraction of sp³-hybridized carbons (Fsp3) is 0.379. The minimum absolute atomic E-state index is 0.156. The number of rotatable bonds is 12. The fourth-order valence-electron chi connectivity index (χ4n) is 4.19. The lowest BCUT2D eigenvalue weighted by atomic mass is 9.99. The highest BCUT2D eigenvalue weighted by Crippen LogP contribution is 2.35. The van der Waals surface area contributed by atoms with Crippen molar-refractivity contribution >= 4 is 11.8 Å². The van der Waals surface area contributed by atoms with Gasteiger partial charge in [0, 0.05) is 0 Å². The topological polar surface area (TPSA) is 57.2 Å². The van der Waals surface area contributed by atoms with Crippen molar-refractivity contribution in [1.29, 1.82) is 0 Å². The van der Waals surface area contributed by atoms with Crippen LogP contribution in [0.3, 0.4) is 0 Å². The Morgan fingerprint density at radius 1 is 0.657 bits per heavy atom. The number of hydrogen-bond acceptors (Lipinski definition) is 6. The smallest absolute Gasteiger partial charge is 0.132 e. The second kappa shape index (κ2) is 13.8. The standard InChI is InChI=1S/C29H34O5S/c1-2-35-29-28(33-21-24-16-10-5-11-17-24)27(32-20-23-14-8-4-9-15-23)26(25(18-30)34-29)31-19-22-12-6-3-7-13-22/h3-17,25-30H,2,18-21H2,1H3/t25-,26-,27+,28+,29-/m1/s1. The first-order valence-corrected chi connectivity index (χ1v) is 13.2. The second-order valence-corrected chi connectivity index (χ2v) is 9.84. The molecule has 0 saturated carbocycles. The minimum Gasteiger partial charge on any atom is -0.394 e. The summed E-state index contributed by atoms with van der Waals surface area (Å²) in [5.74, 6) is 0.856. The van der Waals surface area contributed by atoms with Gasteiger partial charge >= 0.3 is 0 Å². The lowest BCUT2D eigenvalue weighted by Gasteiger charge is -2.45. The second-order valence-electron chi connectivity index (χ2n) is 8.46. The van der Waals surface area contributed by atoms with E-state index in [2.05, 4.69) is 6.92 Å². The van der Waals surface area contributed by atoms with Gasteiger partial charge in [0.2, 0.25) is 0 Å². The van der Waals surface area contributed by atoms with E-state index in [4.69, 9.17) is 18.9 Å². The van der Waals surface area contributed by atoms with Gasteiger partial charge in [-0.15, -0.1) is 11.8 Å². The molecular weight excluding hydrogens is 460 g/mol. The van der Waals surface area contributed by atoms with Gasteiger partial charge in [-0.2, -0.15) is 0 Å². The van der Waals surface area contributed by atoms with Gasteiger partial charge in [0.1, 0.15) is 29.9 Å². The monoisotopic (exact) mass is 494 g/mol. The number of ether oxygens (including phenoxy) is 4. The molecule has 5 atom stereocenters. The Morgan fingerprint density at radius 3 is 1.51 bits per heavy atom. The number of benzene rings is 3. The first-order chi connectivity index (χ1) is 17.3. The van der Waals surface area contributed by atoms with Gasteiger partial charge in [0.25, 0.3) is 0 Å². The van der Waals surface area contributed by atoms with E-state index in [-0.39, 0.29) is 18.1 Å².